The molecule has 0 radical (unpaired) electrons. The molecule has 1 saturated carbocycles. The van der Waals surface area contributed by atoms with Crippen molar-refractivity contribution >= 4 is 12.0 Å². The van der Waals surface area contributed by atoms with Crippen LogP contribution in [0.2, 0.25) is 0 Å². The number of hydrogen-bond acceptors (Lipinski definition) is 4. The average Bonchev–Trinajstić information content (AvgIpc) is 3.29. The summed E-state index contributed by atoms with van der Waals surface area (Å²) in [5.74, 6) is 0.579. The highest BCUT2D eigenvalue weighted by Crippen LogP contribution is 2.46. The summed E-state index contributed by atoms with van der Waals surface area (Å²) in [6.45, 7) is 10.5. The first-order valence-corrected chi connectivity index (χ1v) is 9.19. The van der Waals surface area contributed by atoms with Crippen LogP contribution in [0.5, 0.6) is 0 Å². The van der Waals surface area contributed by atoms with Crippen molar-refractivity contribution in [3.8, 4) is 0 Å². The normalized spacial score (nSPS) is 27.5. The van der Waals surface area contributed by atoms with Crippen molar-refractivity contribution in [3.05, 3.63) is 0 Å². The van der Waals surface area contributed by atoms with Gasteiger partial charge in [0.05, 0.1) is 6.10 Å². The maximum Gasteiger partial charge on any atom is 0.410 e. The van der Waals surface area contributed by atoms with E-state index in [1.807, 2.05) is 32.6 Å². The number of carbonyl (C=O) groups is 2. The minimum absolute atomic E-state index is 0.103. The quantitative estimate of drug-likeness (QED) is 0.776. The molecule has 0 aromatic rings. The SMILES string of the molecule is CCN1CC(C2CCN(C(=O)OC(C)(C)C)CC2)OC2(CC2)C1=O. The van der Waals surface area contributed by atoms with Crippen molar-refractivity contribution in [2.75, 3.05) is 26.2 Å². The Balaban J connectivity index is 1.55. The number of rotatable bonds is 2. The standard InChI is InChI=1S/C18H30N2O4/c1-5-19-12-14(23-18(8-9-18)15(19)21)13-6-10-20(11-7-13)16(22)24-17(2,3)4/h13-14H,5-12H2,1-4H3. The van der Waals surface area contributed by atoms with Crippen LogP contribution in [0.25, 0.3) is 0 Å². The molecule has 6 nitrogen and oxygen atoms in total. The molecule has 0 bridgehead atoms. The molecular weight excluding hydrogens is 308 g/mol. The molecule has 6 heteroatoms. The molecule has 3 fully saturated rings. The van der Waals surface area contributed by atoms with Crippen LogP contribution in [0.4, 0.5) is 4.79 Å². The summed E-state index contributed by atoms with van der Waals surface area (Å²) in [4.78, 5) is 28.3. The fraction of sp³-hybridized carbons (Fsp3) is 0.889. The van der Waals surface area contributed by atoms with E-state index in [-0.39, 0.29) is 18.1 Å². The largest absolute Gasteiger partial charge is 0.444 e. The Morgan fingerprint density at radius 1 is 1.29 bits per heavy atom. The molecule has 0 N–H and O–H groups in total. The van der Waals surface area contributed by atoms with Gasteiger partial charge in [0.1, 0.15) is 11.2 Å². The summed E-state index contributed by atoms with van der Waals surface area (Å²) in [7, 11) is 0. The fourth-order valence-electron chi connectivity index (χ4n) is 3.71. The summed E-state index contributed by atoms with van der Waals surface area (Å²) in [5.41, 5.74) is -0.970. The Morgan fingerprint density at radius 3 is 2.42 bits per heavy atom. The van der Waals surface area contributed by atoms with Gasteiger partial charge in [0.2, 0.25) is 0 Å². The van der Waals surface area contributed by atoms with Gasteiger partial charge in [0.25, 0.3) is 5.91 Å². The maximum absolute atomic E-state index is 12.4. The van der Waals surface area contributed by atoms with Gasteiger partial charge in [0, 0.05) is 26.2 Å². The predicted molar refractivity (Wildman–Crippen MR) is 89.6 cm³/mol. The number of piperidine rings is 1. The Hall–Kier alpha value is -1.30. The molecule has 2 amide bonds. The van der Waals surface area contributed by atoms with Crippen molar-refractivity contribution in [1.82, 2.24) is 9.80 Å². The third kappa shape index (κ3) is 3.53. The second-order valence-electron chi connectivity index (χ2n) is 8.30. The second-order valence-corrected chi connectivity index (χ2v) is 8.30. The Kier molecular flexibility index (Phi) is 4.53. The van der Waals surface area contributed by atoms with Gasteiger partial charge in [-0.3, -0.25) is 4.79 Å². The lowest BCUT2D eigenvalue weighted by Crippen LogP contribution is -2.56. The molecule has 1 unspecified atom stereocenters. The summed E-state index contributed by atoms with van der Waals surface area (Å²) in [5, 5.41) is 0. The highest BCUT2D eigenvalue weighted by molar-refractivity contribution is 5.88. The fourth-order valence-corrected chi connectivity index (χ4v) is 3.71. The second kappa shape index (κ2) is 6.21. The number of nitrogens with zero attached hydrogens (tertiary/aromatic N) is 2. The molecule has 136 valence electrons. The first-order valence-electron chi connectivity index (χ1n) is 9.19. The van der Waals surface area contributed by atoms with Crippen molar-refractivity contribution < 1.29 is 19.1 Å². The minimum atomic E-state index is -0.513. The van der Waals surface area contributed by atoms with Crippen LogP contribution >= 0.6 is 0 Å². The van der Waals surface area contributed by atoms with Gasteiger partial charge in [0.15, 0.2) is 0 Å². The molecule has 1 aliphatic carbocycles. The van der Waals surface area contributed by atoms with E-state index in [0.717, 1.165) is 32.2 Å². The molecule has 1 spiro atoms. The third-order valence-corrected chi connectivity index (χ3v) is 5.26. The topological polar surface area (TPSA) is 59.1 Å². The van der Waals surface area contributed by atoms with Crippen LogP contribution in [0, 0.1) is 5.92 Å². The van der Waals surface area contributed by atoms with E-state index in [1.165, 1.54) is 0 Å². The van der Waals surface area contributed by atoms with Gasteiger partial charge in [-0.05, 0) is 59.3 Å². The van der Waals surface area contributed by atoms with E-state index >= 15 is 0 Å². The molecule has 2 saturated heterocycles. The van der Waals surface area contributed by atoms with E-state index < -0.39 is 11.2 Å². The third-order valence-electron chi connectivity index (χ3n) is 5.26. The number of hydrogen-bond donors (Lipinski definition) is 0. The first kappa shape index (κ1) is 17.5. The average molecular weight is 338 g/mol. The molecule has 0 aromatic carbocycles. The van der Waals surface area contributed by atoms with Gasteiger partial charge < -0.3 is 19.3 Å². The molecule has 3 rings (SSSR count). The lowest BCUT2D eigenvalue weighted by molar-refractivity contribution is -0.174. The Morgan fingerprint density at radius 2 is 1.92 bits per heavy atom. The zero-order valence-electron chi connectivity index (χ0n) is 15.3. The van der Waals surface area contributed by atoms with Crippen molar-refractivity contribution in [3.63, 3.8) is 0 Å². The number of ether oxygens (including phenoxy) is 2. The molecule has 24 heavy (non-hydrogen) atoms. The van der Waals surface area contributed by atoms with Gasteiger partial charge in [-0.25, -0.2) is 4.79 Å². The lowest BCUT2D eigenvalue weighted by atomic mass is 9.89. The summed E-state index contributed by atoms with van der Waals surface area (Å²) < 4.78 is 11.7. The highest BCUT2D eigenvalue weighted by Gasteiger charge is 2.58. The van der Waals surface area contributed by atoms with Gasteiger partial charge in [-0.15, -0.1) is 0 Å². The zero-order valence-corrected chi connectivity index (χ0v) is 15.3. The monoisotopic (exact) mass is 338 g/mol. The predicted octanol–water partition coefficient (Wildman–Crippen LogP) is 2.41. The highest BCUT2D eigenvalue weighted by atomic mass is 16.6. The van der Waals surface area contributed by atoms with Crippen molar-refractivity contribution in [1.29, 1.82) is 0 Å². The van der Waals surface area contributed by atoms with Crippen LogP contribution < -0.4 is 0 Å². The summed E-state index contributed by atoms with van der Waals surface area (Å²) in [6.07, 6.45) is 3.41. The van der Waals surface area contributed by atoms with E-state index in [2.05, 4.69) is 0 Å². The molecule has 0 aromatic heterocycles. The Labute approximate surface area is 144 Å². The Bertz CT molecular complexity index is 502. The number of likely N-dealkylation sites (N-methyl/N-ethyl adjacent to an activating group) is 1. The van der Waals surface area contributed by atoms with Crippen LogP contribution in [0.3, 0.4) is 0 Å². The van der Waals surface area contributed by atoms with E-state index in [9.17, 15) is 9.59 Å². The number of carbonyl (C=O) groups excluding carboxylic acids is 2. The molecular formula is C18H30N2O4. The lowest BCUT2D eigenvalue weighted by Gasteiger charge is -2.43. The van der Waals surface area contributed by atoms with Crippen LogP contribution in [0.1, 0.15) is 53.4 Å². The van der Waals surface area contributed by atoms with Crippen LogP contribution in [0.15, 0.2) is 0 Å². The maximum atomic E-state index is 12.4. The van der Waals surface area contributed by atoms with Crippen LogP contribution in [-0.4, -0.2) is 65.3 Å². The van der Waals surface area contributed by atoms with E-state index in [4.69, 9.17) is 9.47 Å². The molecule has 1 atom stereocenters. The zero-order chi connectivity index (χ0) is 17.5. The van der Waals surface area contributed by atoms with Gasteiger partial charge in [-0.2, -0.15) is 0 Å². The van der Waals surface area contributed by atoms with Gasteiger partial charge >= 0.3 is 6.09 Å². The summed E-state index contributed by atoms with van der Waals surface area (Å²) >= 11 is 0. The number of amides is 2. The number of morpholine rings is 1. The smallest absolute Gasteiger partial charge is 0.410 e. The van der Waals surface area contributed by atoms with E-state index in [1.54, 1.807) is 4.90 Å². The van der Waals surface area contributed by atoms with Crippen LogP contribution in [-0.2, 0) is 14.3 Å². The summed E-state index contributed by atoms with van der Waals surface area (Å²) in [6, 6.07) is 0. The number of likely N-dealkylation sites (tertiary alicyclic amines) is 1. The molecule has 2 aliphatic heterocycles. The van der Waals surface area contributed by atoms with Crippen molar-refractivity contribution in [2.45, 2.75) is 70.7 Å². The minimum Gasteiger partial charge on any atom is -0.444 e. The van der Waals surface area contributed by atoms with Crippen molar-refractivity contribution in [2.24, 2.45) is 5.92 Å². The molecule has 2 heterocycles. The molecule has 3 aliphatic rings. The van der Waals surface area contributed by atoms with E-state index in [0.29, 0.717) is 25.6 Å². The first-order chi connectivity index (χ1) is 11.2. The van der Waals surface area contributed by atoms with Gasteiger partial charge in [-0.1, -0.05) is 0 Å².